The van der Waals surface area contributed by atoms with Crippen molar-refractivity contribution in [2.75, 3.05) is 26.2 Å². The zero-order valence-electron chi connectivity index (χ0n) is 9.85. The molecule has 16 heavy (non-hydrogen) atoms. The molecule has 2 heterocycles. The predicted molar refractivity (Wildman–Crippen MR) is 60.6 cm³/mol. The van der Waals surface area contributed by atoms with Crippen molar-refractivity contribution in [2.24, 2.45) is 5.92 Å². The van der Waals surface area contributed by atoms with Crippen LogP contribution in [0, 0.1) is 17.2 Å². The Balaban J connectivity index is 2.00. The molecule has 0 bridgehead atoms. The lowest BCUT2D eigenvalue weighted by molar-refractivity contribution is -0.133. The molecule has 2 unspecified atom stereocenters. The summed E-state index contributed by atoms with van der Waals surface area (Å²) < 4.78 is 0. The van der Waals surface area contributed by atoms with Crippen molar-refractivity contribution in [3.63, 3.8) is 0 Å². The molecule has 2 aliphatic rings. The number of rotatable bonds is 1. The molecule has 4 nitrogen and oxygen atoms in total. The van der Waals surface area contributed by atoms with Crippen LogP contribution in [0.1, 0.15) is 26.2 Å². The van der Waals surface area contributed by atoms with E-state index in [1.165, 1.54) is 19.4 Å². The van der Waals surface area contributed by atoms with Gasteiger partial charge in [0.1, 0.15) is 5.92 Å². The lowest BCUT2D eigenvalue weighted by Crippen LogP contribution is -2.41. The fourth-order valence-corrected chi connectivity index (χ4v) is 2.74. The summed E-state index contributed by atoms with van der Waals surface area (Å²) in [5, 5.41) is 8.79. The van der Waals surface area contributed by atoms with Gasteiger partial charge in [-0.1, -0.05) is 0 Å². The number of hydrogen-bond acceptors (Lipinski definition) is 3. The molecule has 0 aromatic carbocycles. The summed E-state index contributed by atoms with van der Waals surface area (Å²) in [6.45, 7) is 5.62. The molecule has 2 atom stereocenters. The molecule has 4 heteroatoms. The average molecular weight is 221 g/mol. The van der Waals surface area contributed by atoms with Crippen molar-refractivity contribution in [1.29, 1.82) is 5.26 Å². The molecule has 2 rings (SSSR count). The summed E-state index contributed by atoms with van der Waals surface area (Å²) in [5.74, 6) is -0.482. The van der Waals surface area contributed by atoms with E-state index in [-0.39, 0.29) is 5.91 Å². The summed E-state index contributed by atoms with van der Waals surface area (Å²) in [7, 11) is 0. The highest BCUT2D eigenvalue weighted by molar-refractivity contribution is 5.80. The SMILES string of the molecule is CC(C#N)C(=O)N1CCCN2CCCC2C1. The first kappa shape index (κ1) is 11.4. The van der Waals surface area contributed by atoms with Crippen LogP contribution in [0.15, 0.2) is 0 Å². The first-order valence-corrected chi connectivity index (χ1v) is 6.15. The van der Waals surface area contributed by atoms with Crippen LogP contribution < -0.4 is 0 Å². The van der Waals surface area contributed by atoms with E-state index in [0.717, 1.165) is 26.1 Å². The molecule has 2 aliphatic heterocycles. The van der Waals surface area contributed by atoms with Gasteiger partial charge in [0.05, 0.1) is 6.07 Å². The Morgan fingerprint density at radius 2 is 2.12 bits per heavy atom. The molecule has 0 spiro atoms. The van der Waals surface area contributed by atoms with Gasteiger partial charge in [-0.3, -0.25) is 9.69 Å². The quantitative estimate of drug-likeness (QED) is 0.659. The van der Waals surface area contributed by atoms with Gasteiger partial charge < -0.3 is 4.90 Å². The van der Waals surface area contributed by atoms with E-state index in [9.17, 15) is 4.79 Å². The number of carbonyl (C=O) groups is 1. The van der Waals surface area contributed by atoms with Crippen LogP contribution in [-0.2, 0) is 4.79 Å². The second kappa shape index (κ2) is 4.84. The van der Waals surface area contributed by atoms with E-state index < -0.39 is 5.92 Å². The van der Waals surface area contributed by atoms with Gasteiger partial charge in [0.25, 0.3) is 0 Å². The Kier molecular flexibility index (Phi) is 3.45. The van der Waals surface area contributed by atoms with Crippen molar-refractivity contribution < 1.29 is 4.79 Å². The molecule has 0 N–H and O–H groups in total. The fourth-order valence-electron chi connectivity index (χ4n) is 2.74. The van der Waals surface area contributed by atoms with Crippen molar-refractivity contribution in [1.82, 2.24) is 9.80 Å². The minimum absolute atomic E-state index is 0.0104. The summed E-state index contributed by atoms with van der Waals surface area (Å²) in [4.78, 5) is 16.3. The van der Waals surface area contributed by atoms with Crippen molar-refractivity contribution in [3.05, 3.63) is 0 Å². The van der Waals surface area contributed by atoms with E-state index in [1.807, 2.05) is 11.0 Å². The number of hydrogen-bond donors (Lipinski definition) is 0. The molecule has 0 aromatic rings. The zero-order chi connectivity index (χ0) is 11.5. The molecule has 1 amide bonds. The first-order valence-electron chi connectivity index (χ1n) is 6.15. The maximum Gasteiger partial charge on any atom is 0.239 e. The van der Waals surface area contributed by atoms with Gasteiger partial charge in [0, 0.05) is 25.7 Å². The summed E-state index contributed by atoms with van der Waals surface area (Å²) in [6.07, 6.45) is 3.49. The molecular weight excluding hydrogens is 202 g/mol. The van der Waals surface area contributed by atoms with Crippen molar-refractivity contribution >= 4 is 5.91 Å². The Hall–Kier alpha value is -1.08. The molecule has 0 radical (unpaired) electrons. The predicted octanol–water partition coefficient (Wildman–Crippen LogP) is 0.843. The number of nitrogens with zero attached hydrogens (tertiary/aromatic N) is 3. The standard InChI is InChI=1S/C12H19N3O/c1-10(8-13)12(16)15-7-3-6-14-5-2-4-11(14)9-15/h10-11H,2-7,9H2,1H3. The Morgan fingerprint density at radius 3 is 2.88 bits per heavy atom. The second-order valence-electron chi connectivity index (χ2n) is 4.82. The lowest BCUT2D eigenvalue weighted by atomic mass is 10.1. The van der Waals surface area contributed by atoms with Crippen LogP contribution in [0.25, 0.3) is 0 Å². The maximum atomic E-state index is 12.0. The van der Waals surface area contributed by atoms with Crippen molar-refractivity contribution in [2.45, 2.75) is 32.2 Å². The van der Waals surface area contributed by atoms with Crippen LogP contribution in [-0.4, -0.2) is 47.9 Å². The number of amides is 1. The Labute approximate surface area is 96.8 Å². The summed E-state index contributed by atoms with van der Waals surface area (Å²) in [5.41, 5.74) is 0. The van der Waals surface area contributed by atoms with E-state index >= 15 is 0 Å². The first-order chi connectivity index (χ1) is 7.72. The van der Waals surface area contributed by atoms with Gasteiger partial charge >= 0.3 is 0 Å². The van der Waals surface area contributed by atoms with Gasteiger partial charge in [-0.15, -0.1) is 0 Å². The van der Waals surface area contributed by atoms with E-state index in [0.29, 0.717) is 6.04 Å². The van der Waals surface area contributed by atoms with Crippen LogP contribution in [0.2, 0.25) is 0 Å². The van der Waals surface area contributed by atoms with E-state index in [1.54, 1.807) is 6.92 Å². The smallest absolute Gasteiger partial charge is 0.239 e. The number of fused-ring (bicyclic) bond motifs is 1. The third-order valence-electron chi connectivity index (χ3n) is 3.68. The van der Waals surface area contributed by atoms with Crippen LogP contribution in [0.5, 0.6) is 0 Å². The monoisotopic (exact) mass is 221 g/mol. The van der Waals surface area contributed by atoms with E-state index in [2.05, 4.69) is 4.90 Å². The molecular formula is C12H19N3O. The van der Waals surface area contributed by atoms with Gasteiger partial charge in [0.2, 0.25) is 5.91 Å². The highest BCUT2D eigenvalue weighted by Crippen LogP contribution is 2.22. The topological polar surface area (TPSA) is 47.3 Å². The Morgan fingerprint density at radius 1 is 1.38 bits per heavy atom. The molecule has 0 aliphatic carbocycles. The molecule has 0 aromatic heterocycles. The van der Waals surface area contributed by atoms with Gasteiger partial charge in [-0.25, -0.2) is 0 Å². The molecule has 88 valence electrons. The largest absolute Gasteiger partial charge is 0.340 e. The third kappa shape index (κ3) is 2.19. The number of nitriles is 1. The van der Waals surface area contributed by atoms with Gasteiger partial charge in [-0.2, -0.15) is 5.26 Å². The highest BCUT2D eigenvalue weighted by atomic mass is 16.2. The normalized spacial score (nSPS) is 28.0. The number of carbonyl (C=O) groups excluding carboxylic acids is 1. The minimum atomic E-state index is -0.493. The lowest BCUT2D eigenvalue weighted by Gasteiger charge is -2.26. The van der Waals surface area contributed by atoms with Crippen LogP contribution in [0.3, 0.4) is 0 Å². The zero-order valence-corrected chi connectivity index (χ0v) is 9.85. The highest BCUT2D eigenvalue weighted by Gasteiger charge is 2.31. The fraction of sp³-hybridized carbons (Fsp3) is 0.833. The Bertz CT molecular complexity index is 310. The van der Waals surface area contributed by atoms with E-state index in [4.69, 9.17) is 5.26 Å². The van der Waals surface area contributed by atoms with Crippen molar-refractivity contribution in [3.8, 4) is 6.07 Å². The molecule has 2 fully saturated rings. The minimum Gasteiger partial charge on any atom is -0.340 e. The third-order valence-corrected chi connectivity index (χ3v) is 3.68. The van der Waals surface area contributed by atoms with Crippen LogP contribution in [0.4, 0.5) is 0 Å². The van der Waals surface area contributed by atoms with Gasteiger partial charge in [0.15, 0.2) is 0 Å². The molecule has 2 saturated heterocycles. The summed E-state index contributed by atoms with van der Waals surface area (Å²) >= 11 is 0. The maximum absolute atomic E-state index is 12.0. The average Bonchev–Trinajstić information content (AvgIpc) is 2.64. The summed E-state index contributed by atoms with van der Waals surface area (Å²) in [6, 6.07) is 2.58. The molecule has 0 saturated carbocycles. The van der Waals surface area contributed by atoms with Crippen LogP contribution >= 0.6 is 0 Å². The van der Waals surface area contributed by atoms with Gasteiger partial charge in [-0.05, 0) is 32.7 Å². The second-order valence-corrected chi connectivity index (χ2v) is 4.82.